The maximum atomic E-state index is 6.45. The van der Waals surface area contributed by atoms with E-state index in [1.54, 1.807) is 0 Å². The van der Waals surface area contributed by atoms with Crippen molar-refractivity contribution in [2.45, 2.75) is 38.5 Å². The van der Waals surface area contributed by atoms with Crippen molar-refractivity contribution >= 4 is 11.6 Å². The Hall–Kier alpha value is -0.730. The van der Waals surface area contributed by atoms with Crippen LogP contribution in [0.2, 0.25) is 0 Å². The van der Waals surface area contributed by atoms with Gasteiger partial charge in [0, 0.05) is 6.54 Å². The number of hydrogen-bond acceptors (Lipinski definition) is 2. The maximum absolute atomic E-state index is 6.45. The summed E-state index contributed by atoms with van der Waals surface area (Å²) >= 11 is 6.45. The monoisotopic (exact) mass is 283 g/mol. The predicted octanol–water partition coefficient (Wildman–Crippen LogP) is 4.49. The fraction of sp³-hybridized carbons (Fsp3) is 0.625. The number of likely N-dealkylation sites (N-methyl/N-ethyl adjacent to an activating group) is 1. The molecule has 0 aromatic heterocycles. The molecule has 0 heterocycles. The van der Waals surface area contributed by atoms with Gasteiger partial charge in [0.05, 0.1) is 12.0 Å². The van der Waals surface area contributed by atoms with Crippen LogP contribution in [-0.4, -0.2) is 31.6 Å². The van der Waals surface area contributed by atoms with Crippen molar-refractivity contribution in [3.8, 4) is 5.75 Å². The number of benzene rings is 1. The van der Waals surface area contributed by atoms with Gasteiger partial charge in [-0.1, -0.05) is 32.4 Å². The van der Waals surface area contributed by atoms with E-state index >= 15 is 0 Å². The normalized spacial score (nSPS) is 12.7. The predicted molar refractivity (Wildman–Crippen MR) is 83.2 cm³/mol. The molecular formula is C16H26ClNO. The third-order valence-electron chi connectivity index (χ3n) is 3.08. The van der Waals surface area contributed by atoms with E-state index in [1.807, 2.05) is 12.1 Å². The second-order valence-corrected chi connectivity index (χ2v) is 5.53. The van der Waals surface area contributed by atoms with Crippen molar-refractivity contribution in [1.29, 1.82) is 0 Å². The van der Waals surface area contributed by atoms with Crippen LogP contribution in [0, 0.1) is 0 Å². The van der Waals surface area contributed by atoms with E-state index in [0.29, 0.717) is 0 Å². The second-order valence-electron chi connectivity index (χ2n) is 5.00. The molecule has 1 unspecified atom stereocenters. The first-order chi connectivity index (χ1) is 9.17. The molecule has 1 aromatic rings. The van der Waals surface area contributed by atoms with Crippen LogP contribution in [0.5, 0.6) is 5.75 Å². The van der Waals surface area contributed by atoms with Gasteiger partial charge in [-0.25, -0.2) is 0 Å². The van der Waals surface area contributed by atoms with Gasteiger partial charge in [0.1, 0.15) is 5.75 Å². The van der Waals surface area contributed by atoms with Gasteiger partial charge in [-0.3, -0.25) is 0 Å². The topological polar surface area (TPSA) is 12.5 Å². The summed E-state index contributed by atoms with van der Waals surface area (Å²) in [6, 6.07) is 8.14. The number of hydrogen-bond donors (Lipinski definition) is 0. The number of alkyl halides is 1. The summed E-state index contributed by atoms with van der Waals surface area (Å²) < 4.78 is 5.57. The van der Waals surface area contributed by atoms with Gasteiger partial charge in [0.2, 0.25) is 0 Å². The molecule has 19 heavy (non-hydrogen) atoms. The van der Waals surface area contributed by atoms with E-state index in [1.165, 1.54) is 12.8 Å². The van der Waals surface area contributed by atoms with Crippen LogP contribution in [0.4, 0.5) is 0 Å². The van der Waals surface area contributed by atoms with Gasteiger partial charge < -0.3 is 9.64 Å². The molecule has 0 spiro atoms. The molecule has 2 nitrogen and oxygen atoms in total. The second kappa shape index (κ2) is 9.22. The minimum Gasteiger partial charge on any atom is -0.494 e. The highest BCUT2D eigenvalue weighted by Gasteiger charge is 2.10. The zero-order valence-corrected chi connectivity index (χ0v) is 13.1. The summed E-state index contributed by atoms with van der Waals surface area (Å²) in [6.07, 6.45) is 3.48. The molecule has 3 heteroatoms. The minimum atomic E-state index is 0.0436. The first-order valence-electron chi connectivity index (χ1n) is 7.22. The Morgan fingerprint density at radius 3 is 2.42 bits per heavy atom. The van der Waals surface area contributed by atoms with Crippen LogP contribution < -0.4 is 4.74 Å². The third kappa shape index (κ3) is 6.31. The van der Waals surface area contributed by atoms with Crippen LogP contribution in [-0.2, 0) is 0 Å². The van der Waals surface area contributed by atoms with Crippen LogP contribution in [0.3, 0.4) is 0 Å². The highest BCUT2D eigenvalue weighted by molar-refractivity contribution is 6.21. The van der Waals surface area contributed by atoms with E-state index < -0.39 is 0 Å². The fourth-order valence-electron chi connectivity index (χ4n) is 1.89. The lowest BCUT2D eigenvalue weighted by Crippen LogP contribution is -2.23. The third-order valence-corrected chi connectivity index (χ3v) is 3.47. The molecule has 1 rings (SSSR count). The van der Waals surface area contributed by atoms with Crippen molar-refractivity contribution in [2.24, 2.45) is 0 Å². The van der Waals surface area contributed by atoms with Gasteiger partial charge in [-0.05, 0) is 44.1 Å². The molecule has 0 aliphatic rings. The average Bonchev–Trinajstić information content (AvgIpc) is 2.43. The summed E-state index contributed by atoms with van der Waals surface area (Å²) in [4.78, 5) is 2.29. The van der Waals surface area contributed by atoms with Gasteiger partial charge in [0.15, 0.2) is 0 Å². The number of unbranched alkanes of at least 4 members (excludes halogenated alkanes) is 1. The molecule has 1 atom stereocenters. The lowest BCUT2D eigenvalue weighted by molar-refractivity contribution is 0.317. The Labute approximate surface area is 122 Å². The summed E-state index contributed by atoms with van der Waals surface area (Å²) in [5.74, 6) is 0.925. The molecule has 0 bridgehead atoms. The van der Waals surface area contributed by atoms with Crippen LogP contribution in [0.25, 0.3) is 0 Å². The molecule has 0 aliphatic carbocycles. The van der Waals surface area contributed by atoms with E-state index in [9.17, 15) is 0 Å². The highest BCUT2D eigenvalue weighted by Crippen LogP contribution is 2.23. The molecular weight excluding hydrogens is 258 g/mol. The van der Waals surface area contributed by atoms with Gasteiger partial charge >= 0.3 is 0 Å². The zero-order chi connectivity index (χ0) is 14.1. The molecule has 0 radical (unpaired) electrons. The Morgan fingerprint density at radius 2 is 1.84 bits per heavy atom. The largest absolute Gasteiger partial charge is 0.494 e. The lowest BCUT2D eigenvalue weighted by Gasteiger charge is -2.20. The van der Waals surface area contributed by atoms with Crippen LogP contribution in [0.15, 0.2) is 24.3 Å². The van der Waals surface area contributed by atoms with E-state index in [-0.39, 0.29) is 5.38 Å². The van der Waals surface area contributed by atoms with Gasteiger partial charge in [-0.2, -0.15) is 0 Å². The smallest absolute Gasteiger partial charge is 0.119 e. The highest BCUT2D eigenvalue weighted by atomic mass is 35.5. The summed E-state index contributed by atoms with van der Waals surface area (Å²) in [6.45, 7) is 7.08. The van der Waals surface area contributed by atoms with Crippen molar-refractivity contribution in [2.75, 3.05) is 26.7 Å². The zero-order valence-electron chi connectivity index (χ0n) is 12.4. The lowest BCUT2D eigenvalue weighted by atomic mass is 10.1. The summed E-state index contributed by atoms with van der Waals surface area (Å²) in [5.41, 5.74) is 1.16. The Kier molecular flexibility index (Phi) is 7.92. The van der Waals surface area contributed by atoms with E-state index in [2.05, 4.69) is 37.9 Å². The van der Waals surface area contributed by atoms with Crippen molar-refractivity contribution < 1.29 is 4.74 Å². The number of ether oxygens (including phenoxy) is 1. The first kappa shape index (κ1) is 16.3. The van der Waals surface area contributed by atoms with Gasteiger partial charge in [0.25, 0.3) is 0 Å². The average molecular weight is 284 g/mol. The summed E-state index contributed by atoms with van der Waals surface area (Å²) in [7, 11) is 2.13. The van der Waals surface area contributed by atoms with Crippen molar-refractivity contribution in [3.05, 3.63) is 29.8 Å². The molecule has 1 aromatic carbocycles. The number of rotatable bonds is 9. The van der Waals surface area contributed by atoms with E-state index in [4.69, 9.17) is 16.3 Å². The van der Waals surface area contributed by atoms with Crippen molar-refractivity contribution in [1.82, 2.24) is 4.90 Å². The van der Waals surface area contributed by atoms with E-state index in [0.717, 1.165) is 37.4 Å². The Morgan fingerprint density at radius 1 is 1.16 bits per heavy atom. The fourth-order valence-corrected chi connectivity index (χ4v) is 2.27. The van der Waals surface area contributed by atoms with Crippen LogP contribution in [0.1, 0.15) is 44.1 Å². The standard InChI is InChI=1S/C16H26ClNO/c1-4-6-11-18(3)13-16(17)14-7-9-15(10-8-14)19-12-5-2/h7-10,16H,4-6,11-13H2,1-3H3. The molecule has 0 saturated carbocycles. The molecule has 108 valence electrons. The SMILES string of the molecule is CCCCN(C)CC(Cl)c1ccc(OCCC)cc1. The number of nitrogens with zero attached hydrogens (tertiary/aromatic N) is 1. The van der Waals surface area contributed by atoms with Gasteiger partial charge in [-0.15, -0.1) is 11.6 Å². The molecule has 0 saturated heterocycles. The Balaban J connectivity index is 2.45. The quantitative estimate of drug-likeness (QED) is 0.619. The van der Waals surface area contributed by atoms with Crippen molar-refractivity contribution in [3.63, 3.8) is 0 Å². The molecule has 0 N–H and O–H groups in total. The minimum absolute atomic E-state index is 0.0436. The molecule has 0 aliphatic heterocycles. The van der Waals surface area contributed by atoms with Crippen LogP contribution >= 0.6 is 11.6 Å². The number of halogens is 1. The first-order valence-corrected chi connectivity index (χ1v) is 7.66. The summed E-state index contributed by atoms with van der Waals surface area (Å²) in [5, 5.41) is 0.0436. The molecule has 0 fully saturated rings. The maximum Gasteiger partial charge on any atom is 0.119 e. The Bertz CT molecular complexity index is 339. The molecule has 0 amide bonds.